The maximum atomic E-state index is 13.1. The summed E-state index contributed by atoms with van der Waals surface area (Å²) in [6.07, 6.45) is -5.85. The summed E-state index contributed by atoms with van der Waals surface area (Å²) in [5.74, 6) is -6.15. The fourth-order valence-electron chi connectivity index (χ4n) is 8.03. The molecule has 3 N–H and O–H groups in total. The van der Waals surface area contributed by atoms with Gasteiger partial charge in [0.15, 0.2) is 11.5 Å². The Bertz CT molecular complexity index is 1030. The van der Waals surface area contributed by atoms with Crippen LogP contribution in [0.3, 0.4) is 0 Å². The van der Waals surface area contributed by atoms with Crippen LogP contribution in [0.2, 0.25) is 0 Å². The first-order valence-electron chi connectivity index (χ1n) is 11.3. The Morgan fingerprint density at radius 1 is 1.18 bits per heavy atom. The van der Waals surface area contributed by atoms with Crippen molar-refractivity contribution in [3.63, 3.8) is 0 Å². The predicted molar refractivity (Wildman–Crippen MR) is 109 cm³/mol. The Hall–Kier alpha value is -2.50. The number of esters is 3. The molecule has 5 rings (SSSR count). The van der Waals surface area contributed by atoms with Crippen LogP contribution >= 0.6 is 0 Å². The molecule has 2 heterocycles. The van der Waals surface area contributed by atoms with E-state index in [4.69, 9.17) is 18.9 Å². The van der Waals surface area contributed by atoms with Gasteiger partial charge < -0.3 is 34.3 Å². The average Bonchev–Trinajstić information content (AvgIpc) is 3.08. The van der Waals surface area contributed by atoms with Crippen LogP contribution < -0.4 is 0 Å². The molecule has 2 saturated carbocycles. The first-order valence-corrected chi connectivity index (χ1v) is 11.3. The Balaban J connectivity index is 1.78. The normalized spacial score (nSPS) is 49.1. The van der Waals surface area contributed by atoms with Crippen LogP contribution in [0.4, 0.5) is 0 Å². The first kappa shape index (κ1) is 23.3. The summed E-state index contributed by atoms with van der Waals surface area (Å²) < 4.78 is 22.0. The maximum Gasteiger partial charge on any atom is 0.348 e. The van der Waals surface area contributed by atoms with E-state index in [0.29, 0.717) is 5.57 Å². The van der Waals surface area contributed by atoms with E-state index in [1.807, 2.05) is 0 Å². The van der Waals surface area contributed by atoms with E-state index in [-0.39, 0.29) is 25.2 Å². The van der Waals surface area contributed by atoms with E-state index in [0.717, 1.165) is 14.0 Å². The minimum atomic E-state index is -2.18. The minimum Gasteiger partial charge on any atom is -0.504 e. The number of methoxy groups -OCH3 is 1. The number of hydrogen-bond donors (Lipinski definition) is 3. The molecule has 0 radical (unpaired) electrons. The second-order valence-corrected chi connectivity index (χ2v) is 10.5. The van der Waals surface area contributed by atoms with E-state index in [2.05, 4.69) is 0 Å². The molecule has 2 saturated heterocycles. The van der Waals surface area contributed by atoms with E-state index in [1.165, 1.54) is 0 Å². The third-order valence-corrected chi connectivity index (χ3v) is 9.13. The van der Waals surface area contributed by atoms with E-state index in [9.17, 15) is 34.5 Å². The number of aliphatic hydroxyl groups is 3. The van der Waals surface area contributed by atoms with Gasteiger partial charge in [-0.3, -0.25) is 9.59 Å². The zero-order valence-electron chi connectivity index (χ0n) is 19.3. The summed E-state index contributed by atoms with van der Waals surface area (Å²) in [6, 6.07) is 0. The highest BCUT2D eigenvalue weighted by Gasteiger charge is 2.85. The topological polar surface area (TPSA) is 166 Å². The molecule has 0 amide bonds. The lowest BCUT2D eigenvalue weighted by Gasteiger charge is -2.67. The fraction of sp³-hybridized carbons (Fsp3) is 0.739. The van der Waals surface area contributed by atoms with E-state index in [1.54, 1.807) is 13.8 Å². The number of rotatable bonds is 2. The Labute approximate surface area is 195 Å². The smallest absolute Gasteiger partial charge is 0.348 e. The van der Waals surface area contributed by atoms with Gasteiger partial charge in [0.05, 0.1) is 25.7 Å². The first-order chi connectivity index (χ1) is 15.9. The zero-order valence-corrected chi connectivity index (χ0v) is 19.3. The molecular formula is C23H28O11. The molecule has 1 spiro atoms. The molecule has 5 aliphatic rings. The van der Waals surface area contributed by atoms with Gasteiger partial charge >= 0.3 is 17.9 Å². The molecule has 11 nitrogen and oxygen atoms in total. The van der Waals surface area contributed by atoms with Gasteiger partial charge in [-0.1, -0.05) is 6.92 Å². The number of ether oxygens (including phenoxy) is 4. The SMILES string of the molecule is COC(=O)[C@@]12OC[C@]34[C@H](C(O)C1O)[C@@]1(C)CC(=O)C(O)=C(C)[C@@H]1C[C@H]3OC(=O)C(OC(C)=O)[C@H]42. The third kappa shape index (κ3) is 2.42. The monoisotopic (exact) mass is 480 g/mol. The van der Waals surface area contributed by atoms with Gasteiger partial charge in [-0.15, -0.1) is 0 Å². The number of carbonyl (C=O) groups is 4. The lowest BCUT2D eigenvalue weighted by atomic mass is 9.38. The molecule has 3 aliphatic carbocycles. The molecule has 34 heavy (non-hydrogen) atoms. The molecule has 3 unspecified atom stereocenters. The Kier molecular flexibility index (Phi) is 4.80. The Morgan fingerprint density at radius 2 is 1.85 bits per heavy atom. The molecule has 11 heteroatoms. The van der Waals surface area contributed by atoms with Gasteiger partial charge in [0.1, 0.15) is 12.2 Å². The van der Waals surface area contributed by atoms with Crippen LogP contribution in [0.25, 0.3) is 0 Å². The predicted octanol–water partition coefficient (Wildman–Crippen LogP) is -0.429. The van der Waals surface area contributed by atoms with Gasteiger partial charge in [-0.2, -0.15) is 0 Å². The van der Waals surface area contributed by atoms with Crippen molar-refractivity contribution in [2.24, 2.45) is 28.6 Å². The van der Waals surface area contributed by atoms with Crippen molar-refractivity contribution in [3.05, 3.63) is 11.3 Å². The molecule has 2 aliphatic heterocycles. The number of Topliss-reactive ketones (excluding diaryl/α,β-unsaturated/α-hetero) is 1. The minimum absolute atomic E-state index is 0.131. The highest BCUT2D eigenvalue weighted by Crippen LogP contribution is 2.72. The molecule has 4 fully saturated rings. The van der Waals surface area contributed by atoms with E-state index >= 15 is 0 Å². The highest BCUT2D eigenvalue weighted by molar-refractivity contribution is 5.95. The lowest BCUT2D eigenvalue weighted by Crippen LogP contribution is -2.79. The summed E-state index contributed by atoms with van der Waals surface area (Å²) >= 11 is 0. The molecule has 2 bridgehead atoms. The van der Waals surface area contributed by atoms with Crippen molar-refractivity contribution in [1.29, 1.82) is 0 Å². The third-order valence-electron chi connectivity index (χ3n) is 9.13. The fourth-order valence-corrected chi connectivity index (χ4v) is 8.03. The number of fused-ring (bicyclic) bond motifs is 2. The Morgan fingerprint density at radius 3 is 2.47 bits per heavy atom. The van der Waals surface area contributed by atoms with Crippen molar-refractivity contribution in [3.8, 4) is 0 Å². The van der Waals surface area contributed by atoms with Crippen molar-refractivity contribution >= 4 is 23.7 Å². The molecule has 0 aromatic rings. The average molecular weight is 480 g/mol. The molecular weight excluding hydrogens is 452 g/mol. The van der Waals surface area contributed by atoms with Crippen LogP contribution in [0.1, 0.15) is 33.6 Å². The van der Waals surface area contributed by atoms with Crippen molar-refractivity contribution < 1.29 is 53.4 Å². The van der Waals surface area contributed by atoms with Gasteiger partial charge in [-0.05, 0) is 30.3 Å². The number of hydrogen-bond acceptors (Lipinski definition) is 11. The largest absolute Gasteiger partial charge is 0.504 e. The van der Waals surface area contributed by atoms with Crippen molar-refractivity contribution in [2.45, 2.75) is 63.6 Å². The van der Waals surface area contributed by atoms with Gasteiger partial charge in [0, 0.05) is 24.7 Å². The standard InChI is InChI=1S/C23H28O11/c1-8-10-5-12-22-7-32-23(20(30)31-4,17(22)15(19(29)34-12)33-9(2)24)18(28)14(27)16(22)21(10,3)6-11(25)13(8)26/h10,12,14-18,26-28H,5-7H2,1-4H3/t10-,12+,14?,15?,16+,17+,18?,21-,22+,23-/m0/s1. The van der Waals surface area contributed by atoms with E-state index < -0.39 is 82.3 Å². The molecule has 186 valence electrons. The summed E-state index contributed by atoms with van der Waals surface area (Å²) in [6.45, 7) is 4.30. The van der Waals surface area contributed by atoms with Crippen molar-refractivity contribution in [2.75, 3.05) is 13.7 Å². The molecule has 10 atom stereocenters. The second-order valence-electron chi connectivity index (χ2n) is 10.5. The second kappa shape index (κ2) is 7.02. The molecule has 0 aromatic heterocycles. The van der Waals surface area contributed by atoms with Gasteiger partial charge in [-0.25, -0.2) is 9.59 Å². The van der Waals surface area contributed by atoms with Crippen LogP contribution in [-0.2, 0) is 38.1 Å². The number of allylic oxidation sites excluding steroid dienone is 2. The highest BCUT2D eigenvalue weighted by atomic mass is 16.6. The number of carbonyl (C=O) groups excluding carboxylic acids is 4. The number of ketones is 1. The van der Waals surface area contributed by atoms with Crippen LogP contribution in [0, 0.1) is 28.6 Å². The van der Waals surface area contributed by atoms with Crippen molar-refractivity contribution in [1.82, 2.24) is 0 Å². The maximum absolute atomic E-state index is 13.1. The summed E-state index contributed by atoms with van der Waals surface area (Å²) in [5, 5.41) is 33.3. The quantitative estimate of drug-likeness (QED) is 0.347. The van der Waals surface area contributed by atoms with Crippen LogP contribution in [-0.4, -0.2) is 82.7 Å². The molecule has 0 aromatic carbocycles. The van der Waals surface area contributed by atoms with Crippen LogP contribution in [0.5, 0.6) is 0 Å². The summed E-state index contributed by atoms with van der Waals surface area (Å²) in [4.78, 5) is 50.9. The summed E-state index contributed by atoms with van der Waals surface area (Å²) in [5.41, 5.74) is -4.02. The lowest BCUT2D eigenvalue weighted by molar-refractivity contribution is -0.290. The zero-order chi connectivity index (χ0) is 25.0. The summed E-state index contributed by atoms with van der Waals surface area (Å²) in [7, 11) is 1.09. The van der Waals surface area contributed by atoms with Gasteiger partial charge in [0.2, 0.25) is 11.7 Å². The number of aliphatic hydroxyl groups excluding tert-OH is 3. The van der Waals surface area contributed by atoms with Crippen LogP contribution in [0.15, 0.2) is 11.3 Å². The van der Waals surface area contributed by atoms with Gasteiger partial charge in [0.25, 0.3) is 0 Å².